The lowest BCUT2D eigenvalue weighted by Crippen LogP contribution is -2.42. The molecule has 232 valence electrons. The molecule has 1 aliphatic carbocycles. The van der Waals surface area contributed by atoms with Crippen LogP contribution in [0.25, 0.3) is 11.3 Å². The number of amides is 1. The van der Waals surface area contributed by atoms with E-state index in [1.165, 1.54) is 6.20 Å². The van der Waals surface area contributed by atoms with E-state index in [4.69, 9.17) is 9.47 Å². The average molecular weight is 619 g/mol. The predicted molar refractivity (Wildman–Crippen MR) is 156 cm³/mol. The van der Waals surface area contributed by atoms with Crippen molar-refractivity contribution in [1.29, 1.82) is 0 Å². The Morgan fingerprint density at radius 3 is 2.35 bits per heavy atom. The molecular formula is C29H36F2N6O5S. The number of benzene rings is 1. The Morgan fingerprint density at radius 2 is 1.70 bits per heavy atom. The molecule has 1 fully saturated rings. The highest BCUT2D eigenvalue weighted by Crippen LogP contribution is 2.34. The van der Waals surface area contributed by atoms with E-state index in [1.54, 1.807) is 31.3 Å². The molecule has 2 aromatic heterocycles. The van der Waals surface area contributed by atoms with Gasteiger partial charge in [-0.1, -0.05) is 6.92 Å². The van der Waals surface area contributed by atoms with Crippen molar-refractivity contribution in [3.8, 4) is 22.9 Å². The number of nitrogens with one attached hydrogen (secondary N) is 3. The number of carbonyl (C=O) groups excluding carboxylic acids is 1. The van der Waals surface area contributed by atoms with Crippen LogP contribution in [-0.2, 0) is 14.8 Å². The fraction of sp³-hybridized carbons (Fsp3) is 0.448. The summed E-state index contributed by atoms with van der Waals surface area (Å²) >= 11 is 0. The molecule has 1 amide bonds. The number of hydrogen-bond acceptors (Lipinski definition) is 9. The van der Waals surface area contributed by atoms with Crippen molar-refractivity contribution in [2.75, 3.05) is 11.9 Å². The van der Waals surface area contributed by atoms with Crippen LogP contribution >= 0.6 is 0 Å². The van der Waals surface area contributed by atoms with E-state index in [0.29, 0.717) is 35.8 Å². The highest BCUT2D eigenvalue weighted by Gasteiger charge is 2.26. The summed E-state index contributed by atoms with van der Waals surface area (Å²) in [5.41, 5.74) is 0.175. The molecule has 0 spiro atoms. The minimum Gasteiger partial charge on any atom is -0.444 e. The average Bonchev–Trinajstić information content (AvgIpc) is 2.94. The number of ether oxygens (including phenoxy) is 2. The van der Waals surface area contributed by atoms with Crippen LogP contribution in [0.4, 0.5) is 19.5 Å². The summed E-state index contributed by atoms with van der Waals surface area (Å²) in [6.07, 6.45) is 6.07. The van der Waals surface area contributed by atoms with Crippen LogP contribution in [0.15, 0.2) is 47.6 Å². The third-order valence-electron chi connectivity index (χ3n) is 6.51. The number of alkyl carbamates (subject to hydrolysis) is 1. The van der Waals surface area contributed by atoms with Gasteiger partial charge in [-0.05, 0) is 83.2 Å². The Balaban J connectivity index is 1.45. The van der Waals surface area contributed by atoms with Gasteiger partial charge in [-0.2, -0.15) is 0 Å². The number of nitrogens with zero attached hydrogens (tertiary/aromatic N) is 3. The highest BCUT2D eigenvalue weighted by atomic mass is 32.2. The second kappa shape index (κ2) is 13.6. The van der Waals surface area contributed by atoms with E-state index in [2.05, 4.69) is 30.3 Å². The molecule has 1 saturated carbocycles. The first-order valence-corrected chi connectivity index (χ1v) is 15.5. The number of rotatable bonds is 10. The Labute approximate surface area is 249 Å². The first-order chi connectivity index (χ1) is 20.3. The molecule has 0 atom stereocenters. The van der Waals surface area contributed by atoms with Gasteiger partial charge in [-0.3, -0.25) is 0 Å². The summed E-state index contributed by atoms with van der Waals surface area (Å²) in [6, 6.07) is 6.34. The van der Waals surface area contributed by atoms with Gasteiger partial charge in [-0.15, -0.1) is 0 Å². The Hall–Kier alpha value is -3.91. The third kappa shape index (κ3) is 8.80. The molecule has 3 N–H and O–H groups in total. The standard InChI is InChI=1S/C29H36F2N6O5S/c1-5-13-34-43(39,40)20-16-22(30)25(23(31)17-20)41-26-21(7-6-14-32-26)24-12-15-33-27(37-24)35-18-8-10-19(11-9-18)36-28(38)42-29(2,3)4/h6-7,12,14-19,34H,5,8-11,13H2,1-4H3,(H,36,38)(H,33,35,37). The van der Waals surface area contributed by atoms with E-state index in [-0.39, 0.29) is 24.5 Å². The first kappa shape index (κ1) is 32.0. The molecule has 2 heterocycles. The zero-order valence-electron chi connectivity index (χ0n) is 24.5. The second-order valence-electron chi connectivity index (χ2n) is 11.2. The van der Waals surface area contributed by atoms with Crippen molar-refractivity contribution in [3.05, 3.63) is 54.4 Å². The maximum absolute atomic E-state index is 14.9. The summed E-state index contributed by atoms with van der Waals surface area (Å²) < 4.78 is 67.7. The summed E-state index contributed by atoms with van der Waals surface area (Å²) in [5.74, 6) is -2.97. The van der Waals surface area contributed by atoms with Crippen LogP contribution in [0.1, 0.15) is 59.8 Å². The van der Waals surface area contributed by atoms with Gasteiger partial charge >= 0.3 is 6.09 Å². The van der Waals surface area contributed by atoms with Gasteiger partial charge in [0, 0.05) is 31.0 Å². The quantitative estimate of drug-likeness (QED) is 0.267. The topological polar surface area (TPSA) is 144 Å². The number of aromatic nitrogens is 3. The summed E-state index contributed by atoms with van der Waals surface area (Å²) in [5, 5.41) is 6.23. The normalized spacial score (nSPS) is 17.3. The van der Waals surface area contributed by atoms with Crippen molar-refractivity contribution in [3.63, 3.8) is 0 Å². The minimum absolute atomic E-state index is 0.0119. The molecule has 14 heteroatoms. The lowest BCUT2D eigenvalue weighted by molar-refractivity contribution is 0.0492. The monoisotopic (exact) mass is 618 g/mol. The molecule has 11 nitrogen and oxygen atoms in total. The van der Waals surface area contributed by atoms with Gasteiger partial charge in [-0.25, -0.2) is 41.7 Å². The zero-order valence-corrected chi connectivity index (χ0v) is 25.3. The highest BCUT2D eigenvalue weighted by molar-refractivity contribution is 7.89. The molecule has 0 bridgehead atoms. The molecule has 3 aromatic rings. The van der Waals surface area contributed by atoms with Crippen molar-refractivity contribution >= 4 is 22.1 Å². The smallest absolute Gasteiger partial charge is 0.407 e. The third-order valence-corrected chi connectivity index (χ3v) is 7.95. The maximum Gasteiger partial charge on any atom is 0.407 e. The summed E-state index contributed by atoms with van der Waals surface area (Å²) in [6.45, 7) is 7.34. The van der Waals surface area contributed by atoms with Crippen LogP contribution in [0.2, 0.25) is 0 Å². The van der Waals surface area contributed by atoms with Gasteiger partial charge in [0.2, 0.25) is 27.6 Å². The zero-order chi connectivity index (χ0) is 31.2. The van der Waals surface area contributed by atoms with E-state index in [0.717, 1.165) is 25.7 Å². The number of pyridine rings is 1. The van der Waals surface area contributed by atoms with Crippen LogP contribution in [0.5, 0.6) is 11.6 Å². The largest absolute Gasteiger partial charge is 0.444 e. The van der Waals surface area contributed by atoms with Gasteiger partial charge in [0.25, 0.3) is 0 Å². The molecule has 0 aliphatic heterocycles. The van der Waals surface area contributed by atoms with Crippen LogP contribution in [0, 0.1) is 11.6 Å². The van der Waals surface area contributed by atoms with E-state index in [9.17, 15) is 22.0 Å². The molecule has 0 radical (unpaired) electrons. The number of halogens is 2. The summed E-state index contributed by atoms with van der Waals surface area (Å²) in [7, 11) is -4.09. The van der Waals surface area contributed by atoms with Gasteiger partial charge in [0.05, 0.1) is 16.2 Å². The molecule has 1 aliphatic rings. The first-order valence-electron chi connectivity index (χ1n) is 14.1. The fourth-order valence-corrected chi connectivity index (χ4v) is 5.65. The van der Waals surface area contributed by atoms with E-state index < -0.39 is 44.0 Å². The van der Waals surface area contributed by atoms with Gasteiger partial charge in [0.15, 0.2) is 11.6 Å². The number of sulfonamides is 1. The van der Waals surface area contributed by atoms with Gasteiger partial charge < -0.3 is 20.1 Å². The van der Waals surface area contributed by atoms with Crippen molar-refractivity contribution < 1.29 is 31.5 Å². The van der Waals surface area contributed by atoms with Crippen LogP contribution in [0.3, 0.4) is 0 Å². The van der Waals surface area contributed by atoms with Crippen LogP contribution < -0.4 is 20.1 Å². The number of anilines is 1. The Kier molecular flexibility index (Phi) is 10.1. The second-order valence-corrected chi connectivity index (χ2v) is 12.9. The van der Waals surface area contributed by atoms with Crippen molar-refractivity contribution in [2.24, 2.45) is 0 Å². The molecular weight excluding hydrogens is 582 g/mol. The number of carbonyl (C=O) groups is 1. The maximum atomic E-state index is 14.9. The van der Waals surface area contributed by atoms with Crippen LogP contribution in [-0.4, -0.2) is 53.7 Å². The van der Waals surface area contributed by atoms with E-state index in [1.807, 2.05) is 20.8 Å². The predicted octanol–water partition coefficient (Wildman–Crippen LogP) is 5.55. The van der Waals surface area contributed by atoms with Gasteiger partial charge in [0.1, 0.15) is 5.60 Å². The van der Waals surface area contributed by atoms with Crippen molar-refractivity contribution in [1.82, 2.24) is 25.0 Å². The molecule has 0 saturated heterocycles. The van der Waals surface area contributed by atoms with E-state index >= 15 is 0 Å². The molecule has 1 aromatic carbocycles. The van der Waals surface area contributed by atoms with Crippen molar-refractivity contribution in [2.45, 2.75) is 82.4 Å². The molecule has 4 rings (SSSR count). The molecule has 0 unspecified atom stereocenters. The minimum atomic E-state index is -4.09. The fourth-order valence-electron chi connectivity index (χ4n) is 4.49. The Morgan fingerprint density at radius 1 is 1.02 bits per heavy atom. The number of hydrogen-bond donors (Lipinski definition) is 3. The lowest BCUT2D eigenvalue weighted by atomic mass is 9.91. The lowest BCUT2D eigenvalue weighted by Gasteiger charge is -2.30. The SMILES string of the molecule is CCCNS(=O)(=O)c1cc(F)c(Oc2ncccc2-c2ccnc(NC3CCC(NC(=O)OC(C)(C)C)CC3)n2)c(F)c1. The molecule has 43 heavy (non-hydrogen) atoms. The summed E-state index contributed by atoms with van der Waals surface area (Å²) in [4.78, 5) is 24.5. The Bertz CT molecular complexity index is 1520.